The van der Waals surface area contributed by atoms with Crippen LogP contribution in [0.1, 0.15) is 58.7 Å². The van der Waals surface area contributed by atoms with E-state index in [2.05, 4.69) is 212 Å². The lowest BCUT2D eigenvalue weighted by Gasteiger charge is -2.39. The molecule has 1 heterocycles. The fourth-order valence-corrected chi connectivity index (χ4v) is 10.9. The fourth-order valence-electron chi connectivity index (χ4n) is 10.9. The summed E-state index contributed by atoms with van der Waals surface area (Å²) in [6.45, 7) is 2.39. The number of benzene rings is 8. The van der Waals surface area contributed by atoms with Gasteiger partial charge in [0.25, 0.3) is 0 Å². The van der Waals surface area contributed by atoms with E-state index in [1.165, 1.54) is 72.5 Å². The molecule has 0 spiro atoms. The Bertz CT molecular complexity index is 3230. The Hall–Kier alpha value is -7.42. The number of aryl methyl sites for hydroxylation is 1. The second-order valence-corrected chi connectivity index (χ2v) is 17.2. The summed E-state index contributed by atoms with van der Waals surface area (Å²) in [5, 5.41) is 2.28. The van der Waals surface area contributed by atoms with Crippen LogP contribution in [0.5, 0.6) is 0 Å². The standard InChI is InChI=1S/C60H45NO/c1-40-36-55-59(52-26-10-12-28-54(52)60(55,45-19-4-2-5-20-45)46-21-6-3-7-22-46)56(37-40)61(48-23-14-18-44(38-48)50-27-15-17-42-16-8-9-24-49(42)50)47-33-30-41(31-34-47)43-32-35-58-53(39-43)51-25-11-13-29-57(51)62-58/h2-14,16,18-35,37-40H,15,17,36H2,1H3. The Morgan fingerprint density at radius 1 is 0.532 bits per heavy atom. The number of furan rings is 1. The van der Waals surface area contributed by atoms with Gasteiger partial charge in [-0.3, -0.25) is 0 Å². The lowest BCUT2D eigenvalue weighted by Crippen LogP contribution is -2.32. The quantitative estimate of drug-likeness (QED) is 0.160. The first-order valence-electron chi connectivity index (χ1n) is 22.0. The Morgan fingerprint density at radius 3 is 2.02 bits per heavy atom. The molecule has 0 N–H and O–H groups in total. The molecule has 0 aliphatic heterocycles. The minimum absolute atomic E-state index is 0.291. The summed E-state index contributed by atoms with van der Waals surface area (Å²) in [6.07, 6.45) is 8.05. The van der Waals surface area contributed by atoms with Crippen LogP contribution in [0, 0.1) is 5.92 Å². The van der Waals surface area contributed by atoms with Gasteiger partial charge in [-0.1, -0.05) is 177 Å². The molecule has 2 nitrogen and oxygen atoms in total. The van der Waals surface area contributed by atoms with Gasteiger partial charge in [-0.25, -0.2) is 0 Å². The summed E-state index contributed by atoms with van der Waals surface area (Å²) in [4.78, 5) is 2.54. The van der Waals surface area contributed by atoms with E-state index >= 15 is 0 Å². The highest BCUT2D eigenvalue weighted by Crippen LogP contribution is 2.60. The van der Waals surface area contributed by atoms with E-state index in [1.807, 2.05) is 12.1 Å². The Balaban J connectivity index is 1.07. The van der Waals surface area contributed by atoms with Crippen LogP contribution in [0.15, 0.2) is 228 Å². The SMILES string of the molecule is CC1C=C(N(c2ccc(-c3ccc4oc5ccccc5c4c3)cc2)c2cccc(C3=CCCc4ccccc43)c2)C2=C(C1)C(c1ccccc1)(c1ccccc1)c1ccccc12. The number of nitrogens with zero attached hydrogens (tertiary/aromatic N) is 1. The number of allylic oxidation sites excluding steroid dienone is 4. The van der Waals surface area contributed by atoms with Crippen molar-refractivity contribution >= 4 is 44.5 Å². The first kappa shape index (κ1) is 36.4. The van der Waals surface area contributed by atoms with Crippen LogP contribution in [0.4, 0.5) is 11.4 Å². The third-order valence-corrected chi connectivity index (χ3v) is 13.6. The van der Waals surface area contributed by atoms with Crippen LogP contribution in [0.25, 0.3) is 44.2 Å². The first-order chi connectivity index (χ1) is 30.6. The summed E-state index contributed by atoms with van der Waals surface area (Å²) in [7, 11) is 0. The van der Waals surface area contributed by atoms with Gasteiger partial charge >= 0.3 is 0 Å². The van der Waals surface area contributed by atoms with Crippen LogP contribution >= 0.6 is 0 Å². The molecule has 0 amide bonds. The van der Waals surface area contributed by atoms with Crippen molar-refractivity contribution in [1.29, 1.82) is 0 Å². The molecule has 1 unspecified atom stereocenters. The number of anilines is 2. The third-order valence-electron chi connectivity index (χ3n) is 13.6. The average molecular weight is 796 g/mol. The van der Waals surface area contributed by atoms with Crippen LogP contribution in [0.2, 0.25) is 0 Å². The van der Waals surface area contributed by atoms with Crippen LogP contribution in [-0.4, -0.2) is 0 Å². The minimum atomic E-state index is -0.438. The number of para-hydroxylation sites is 1. The van der Waals surface area contributed by atoms with Crippen molar-refractivity contribution in [2.45, 2.75) is 31.6 Å². The molecule has 62 heavy (non-hydrogen) atoms. The molecule has 3 aliphatic rings. The predicted molar refractivity (Wildman–Crippen MR) is 258 cm³/mol. The smallest absolute Gasteiger partial charge is 0.135 e. The maximum atomic E-state index is 6.20. The molecule has 0 saturated heterocycles. The monoisotopic (exact) mass is 795 g/mol. The normalized spacial score (nSPS) is 16.4. The molecule has 1 atom stereocenters. The summed E-state index contributed by atoms with van der Waals surface area (Å²) >= 11 is 0. The van der Waals surface area contributed by atoms with E-state index in [4.69, 9.17) is 4.42 Å². The molecule has 296 valence electrons. The molecule has 9 aromatic rings. The number of hydrogen-bond acceptors (Lipinski definition) is 2. The lowest BCUT2D eigenvalue weighted by atomic mass is 9.64. The van der Waals surface area contributed by atoms with Crippen molar-refractivity contribution in [1.82, 2.24) is 0 Å². The molecule has 0 fully saturated rings. The molecular weight excluding hydrogens is 751 g/mol. The predicted octanol–water partition coefficient (Wildman–Crippen LogP) is 15.5. The third kappa shape index (κ3) is 5.71. The van der Waals surface area contributed by atoms with E-state index in [0.29, 0.717) is 5.92 Å². The average Bonchev–Trinajstić information content (AvgIpc) is 3.86. The summed E-state index contributed by atoms with van der Waals surface area (Å²) in [5.41, 5.74) is 20.6. The van der Waals surface area contributed by atoms with E-state index in [1.54, 1.807) is 0 Å². The molecule has 1 aromatic heterocycles. The Morgan fingerprint density at radius 2 is 1.21 bits per heavy atom. The Kier molecular flexibility index (Phi) is 8.60. The van der Waals surface area contributed by atoms with Crippen LogP contribution in [-0.2, 0) is 11.8 Å². The molecule has 0 bridgehead atoms. The van der Waals surface area contributed by atoms with E-state index in [9.17, 15) is 0 Å². The fraction of sp³-hybridized carbons (Fsp3) is 0.100. The number of rotatable bonds is 7. The summed E-state index contributed by atoms with van der Waals surface area (Å²) in [5.74, 6) is 0.291. The van der Waals surface area contributed by atoms with Crippen molar-refractivity contribution in [3.05, 3.63) is 263 Å². The molecule has 8 aromatic carbocycles. The van der Waals surface area contributed by atoms with Crippen molar-refractivity contribution in [2.24, 2.45) is 5.92 Å². The first-order valence-corrected chi connectivity index (χ1v) is 22.0. The summed E-state index contributed by atoms with van der Waals surface area (Å²) in [6, 6.07) is 73.9. The second-order valence-electron chi connectivity index (χ2n) is 17.2. The highest BCUT2D eigenvalue weighted by Gasteiger charge is 2.50. The van der Waals surface area contributed by atoms with Crippen molar-refractivity contribution in [3.8, 4) is 11.1 Å². The highest BCUT2D eigenvalue weighted by atomic mass is 16.3. The highest BCUT2D eigenvalue weighted by molar-refractivity contribution is 6.06. The van der Waals surface area contributed by atoms with Crippen molar-refractivity contribution < 1.29 is 4.42 Å². The van der Waals surface area contributed by atoms with E-state index < -0.39 is 5.41 Å². The van der Waals surface area contributed by atoms with Gasteiger partial charge in [-0.05, 0) is 129 Å². The summed E-state index contributed by atoms with van der Waals surface area (Å²) < 4.78 is 6.20. The maximum Gasteiger partial charge on any atom is 0.135 e. The van der Waals surface area contributed by atoms with Gasteiger partial charge in [0.2, 0.25) is 0 Å². The van der Waals surface area contributed by atoms with Gasteiger partial charge in [0.05, 0.1) is 11.1 Å². The van der Waals surface area contributed by atoms with Gasteiger partial charge in [-0.15, -0.1) is 0 Å². The van der Waals surface area contributed by atoms with Gasteiger partial charge < -0.3 is 9.32 Å². The number of fused-ring (bicyclic) bond motifs is 6. The molecule has 2 heteroatoms. The van der Waals surface area contributed by atoms with E-state index in [-0.39, 0.29) is 0 Å². The van der Waals surface area contributed by atoms with Crippen LogP contribution < -0.4 is 4.90 Å². The zero-order valence-electron chi connectivity index (χ0n) is 34.8. The van der Waals surface area contributed by atoms with E-state index in [0.717, 1.165) is 52.6 Å². The van der Waals surface area contributed by atoms with Gasteiger partial charge in [-0.2, -0.15) is 0 Å². The van der Waals surface area contributed by atoms with Gasteiger partial charge in [0.15, 0.2) is 0 Å². The molecule has 12 rings (SSSR count). The van der Waals surface area contributed by atoms with Crippen LogP contribution in [0.3, 0.4) is 0 Å². The zero-order chi connectivity index (χ0) is 41.2. The van der Waals surface area contributed by atoms with Crippen molar-refractivity contribution in [3.63, 3.8) is 0 Å². The Labute approximate surface area is 363 Å². The minimum Gasteiger partial charge on any atom is -0.456 e. The number of hydrogen-bond donors (Lipinski definition) is 0. The lowest BCUT2D eigenvalue weighted by molar-refractivity contribution is 0.618. The van der Waals surface area contributed by atoms with Gasteiger partial charge in [0.1, 0.15) is 11.2 Å². The van der Waals surface area contributed by atoms with Gasteiger partial charge in [0, 0.05) is 27.7 Å². The zero-order valence-corrected chi connectivity index (χ0v) is 34.8. The molecule has 0 radical (unpaired) electrons. The molecule has 0 saturated carbocycles. The maximum absolute atomic E-state index is 6.20. The molecule has 3 aliphatic carbocycles. The molecular formula is C60H45NO. The largest absolute Gasteiger partial charge is 0.456 e. The van der Waals surface area contributed by atoms with Crippen molar-refractivity contribution in [2.75, 3.05) is 4.90 Å². The second kappa shape index (κ2) is 14.6. The topological polar surface area (TPSA) is 16.4 Å².